The van der Waals surface area contributed by atoms with Gasteiger partial charge < -0.3 is 14.6 Å². The number of benzene rings is 1. The van der Waals surface area contributed by atoms with Crippen LogP contribution in [-0.2, 0) is 4.79 Å². The van der Waals surface area contributed by atoms with Gasteiger partial charge in [-0.3, -0.25) is 0 Å². The van der Waals surface area contributed by atoms with Crippen molar-refractivity contribution in [2.24, 2.45) is 0 Å². The van der Waals surface area contributed by atoms with Crippen molar-refractivity contribution in [3.63, 3.8) is 0 Å². The van der Waals surface area contributed by atoms with E-state index < -0.39 is 11.6 Å². The lowest BCUT2D eigenvalue weighted by Crippen LogP contribution is -2.51. The maximum Gasteiger partial charge on any atom is 0.352 e. The summed E-state index contributed by atoms with van der Waals surface area (Å²) in [6.45, 7) is 3.53. The van der Waals surface area contributed by atoms with Gasteiger partial charge in [0.2, 0.25) is 5.60 Å². The minimum atomic E-state index is -1.35. The molecule has 1 aliphatic heterocycles. The fourth-order valence-corrected chi connectivity index (χ4v) is 1.61. The summed E-state index contributed by atoms with van der Waals surface area (Å²) < 4.78 is 10.9. The molecule has 0 saturated carbocycles. The summed E-state index contributed by atoms with van der Waals surface area (Å²) in [5.74, 6) is -0.0108. The van der Waals surface area contributed by atoms with E-state index in [9.17, 15) is 9.90 Å². The van der Waals surface area contributed by atoms with Gasteiger partial charge in [0.25, 0.3) is 0 Å². The molecule has 84 valence electrons. The molecule has 1 aromatic carbocycles. The molecule has 1 N–H and O–H groups in total. The van der Waals surface area contributed by atoms with E-state index in [-0.39, 0.29) is 13.0 Å². The van der Waals surface area contributed by atoms with Crippen LogP contribution in [0.25, 0.3) is 0 Å². The van der Waals surface area contributed by atoms with E-state index >= 15 is 0 Å². The van der Waals surface area contributed by atoms with Crippen LogP contribution in [0.2, 0.25) is 0 Å². The minimum Gasteiger partial charge on any atom is -0.485 e. The topological polar surface area (TPSA) is 55.8 Å². The predicted octanol–water partition coefficient (Wildman–Crippen LogP) is 1.86. The number of carbonyl (C=O) groups is 1. The zero-order valence-electron chi connectivity index (χ0n) is 8.68. The second-order valence-corrected chi connectivity index (χ2v) is 3.63. The van der Waals surface area contributed by atoms with Crippen LogP contribution in [0.5, 0.6) is 11.5 Å². The van der Waals surface area contributed by atoms with Crippen LogP contribution >= 0.6 is 0 Å². The molecule has 0 aliphatic carbocycles. The van der Waals surface area contributed by atoms with Crippen molar-refractivity contribution in [2.45, 2.75) is 12.0 Å². The van der Waals surface area contributed by atoms with Gasteiger partial charge in [-0.2, -0.15) is 0 Å². The number of hydrogen-bond acceptors (Lipinski definition) is 3. The van der Waals surface area contributed by atoms with Gasteiger partial charge in [-0.15, -0.1) is 6.58 Å². The first-order valence-electron chi connectivity index (χ1n) is 4.93. The Balaban J connectivity index is 2.34. The standard InChI is InChI=1S/C12H12O4/c1-2-7-12(11(13)14)8-15-9-5-3-4-6-10(9)16-12/h2-6H,1,7-8H2,(H,13,14)/t12-/m1/s1. The zero-order chi connectivity index (χ0) is 11.6. The van der Waals surface area contributed by atoms with Gasteiger partial charge in [-0.1, -0.05) is 18.2 Å². The van der Waals surface area contributed by atoms with Crippen molar-refractivity contribution in [1.29, 1.82) is 0 Å². The van der Waals surface area contributed by atoms with Gasteiger partial charge in [-0.05, 0) is 12.1 Å². The van der Waals surface area contributed by atoms with E-state index in [0.717, 1.165) is 0 Å². The highest BCUT2D eigenvalue weighted by Gasteiger charge is 2.44. The molecule has 2 rings (SSSR count). The van der Waals surface area contributed by atoms with Crippen LogP contribution in [0.15, 0.2) is 36.9 Å². The van der Waals surface area contributed by atoms with Gasteiger partial charge in [0.1, 0.15) is 6.61 Å². The highest BCUT2D eigenvalue weighted by atomic mass is 16.6. The van der Waals surface area contributed by atoms with Gasteiger partial charge in [-0.25, -0.2) is 4.79 Å². The molecule has 1 aromatic rings. The number of carboxylic acid groups (broad SMARTS) is 1. The first-order valence-corrected chi connectivity index (χ1v) is 4.93. The normalized spacial score (nSPS) is 22.5. The molecule has 4 nitrogen and oxygen atoms in total. The first kappa shape index (κ1) is 10.5. The van der Waals surface area contributed by atoms with Crippen LogP contribution in [-0.4, -0.2) is 23.3 Å². The van der Waals surface area contributed by atoms with Gasteiger partial charge >= 0.3 is 5.97 Å². The second-order valence-electron chi connectivity index (χ2n) is 3.63. The van der Waals surface area contributed by atoms with E-state index in [1.54, 1.807) is 18.2 Å². The molecule has 0 fully saturated rings. The molecule has 0 aromatic heterocycles. The molecule has 0 saturated heterocycles. The molecule has 0 spiro atoms. The number of aliphatic carboxylic acids is 1. The molecule has 0 unspecified atom stereocenters. The maximum absolute atomic E-state index is 11.2. The van der Waals surface area contributed by atoms with Gasteiger partial charge in [0.15, 0.2) is 11.5 Å². The summed E-state index contributed by atoms with van der Waals surface area (Å²) in [5, 5.41) is 9.19. The lowest BCUT2D eigenvalue weighted by molar-refractivity contribution is -0.160. The van der Waals surface area contributed by atoms with Crippen molar-refractivity contribution in [2.75, 3.05) is 6.61 Å². The van der Waals surface area contributed by atoms with E-state index in [1.807, 2.05) is 6.07 Å². The monoisotopic (exact) mass is 220 g/mol. The van der Waals surface area contributed by atoms with Crippen LogP contribution in [0.4, 0.5) is 0 Å². The predicted molar refractivity (Wildman–Crippen MR) is 57.7 cm³/mol. The second kappa shape index (κ2) is 3.89. The van der Waals surface area contributed by atoms with Crippen molar-refractivity contribution >= 4 is 5.97 Å². The Bertz CT molecular complexity index is 427. The highest BCUT2D eigenvalue weighted by molar-refractivity contribution is 5.79. The van der Waals surface area contributed by atoms with Crippen LogP contribution in [0.1, 0.15) is 6.42 Å². The molecule has 0 bridgehead atoms. The van der Waals surface area contributed by atoms with Crippen molar-refractivity contribution < 1.29 is 19.4 Å². The summed E-state index contributed by atoms with van der Waals surface area (Å²) in [6.07, 6.45) is 1.72. The number of rotatable bonds is 3. The molecule has 0 radical (unpaired) electrons. The average molecular weight is 220 g/mol. The molecule has 1 aliphatic rings. The molecular weight excluding hydrogens is 208 g/mol. The van der Waals surface area contributed by atoms with E-state index in [0.29, 0.717) is 11.5 Å². The Labute approximate surface area is 93.1 Å². The van der Waals surface area contributed by atoms with Crippen molar-refractivity contribution in [3.8, 4) is 11.5 Å². The highest BCUT2D eigenvalue weighted by Crippen LogP contribution is 2.36. The SMILES string of the molecule is C=CC[C@]1(C(=O)O)COc2ccccc2O1. The summed E-state index contributed by atoms with van der Waals surface area (Å²) in [4.78, 5) is 11.2. The molecule has 1 atom stereocenters. The van der Waals surface area contributed by atoms with Crippen LogP contribution < -0.4 is 9.47 Å². The Kier molecular flexibility index (Phi) is 2.56. The third-order valence-corrected chi connectivity index (χ3v) is 2.48. The minimum absolute atomic E-state index is 0.00856. The smallest absolute Gasteiger partial charge is 0.352 e. The summed E-state index contributed by atoms with van der Waals surface area (Å²) in [7, 11) is 0. The fourth-order valence-electron chi connectivity index (χ4n) is 1.61. The largest absolute Gasteiger partial charge is 0.485 e. The lowest BCUT2D eigenvalue weighted by atomic mass is 9.99. The zero-order valence-corrected chi connectivity index (χ0v) is 8.68. The quantitative estimate of drug-likeness (QED) is 0.790. The average Bonchev–Trinajstić information content (AvgIpc) is 2.29. The van der Waals surface area contributed by atoms with E-state index in [2.05, 4.69) is 6.58 Å². The van der Waals surface area contributed by atoms with Gasteiger partial charge in [0.05, 0.1) is 0 Å². The fraction of sp³-hybridized carbons (Fsp3) is 0.250. The van der Waals surface area contributed by atoms with Crippen LogP contribution in [0.3, 0.4) is 0 Å². The molecule has 0 amide bonds. The summed E-state index contributed by atoms with van der Waals surface area (Å²) >= 11 is 0. The first-order chi connectivity index (χ1) is 7.68. The Morgan fingerprint density at radius 3 is 2.81 bits per heavy atom. The molecule has 1 heterocycles. The third kappa shape index (κ3) is 1.62. The molecular formula is C12H12O4. The number of hydrogen-bond donors (Lipinski definition) is 1. The number of fused-ring (bicyclic) bond motifs is 1. The van der Waals surface area contributed by atoms with Gasteiger partial charge in [0, 0.05) is 6.42 Å². The Morgan fingerprint density at radius 1 is 1.50 bits per heavy atom. The summed E-state index contributed by atoms with van der Waals surface area (Å²) in [5.41, 5.74) is -1.35. The van der Waals surface area contributed by atoms with Crippen LogP contribution in [0, 0.1) is 0 Å². The third-order valence-electron chi connectivity index (χ3n) is 2.48. The molecule has 16 heavy (non-hydrogen) atoms. The molecule has 4 heteroatoms. The van der Waals surface area contributed by atoms with E-state index in [4.69, 9.17) is 9.47 Å². The number of para-hydroxylation sites is 2. The Hall–Kier alpha value is -1.97. The van der Waals surface area contributed by atoms with E-state index in [1.165, 1.54) is 6.08 Å². The number of carboxylic acids is 1. The maximum atomic E-state index is 11.2. The van der Waals surface area contributed by atoms with Crippen molar-refractivity contribution in [1.82, 2.24) is 0 Å². The Morgan fingerprint density at radius 2 is 2.19 bits per heavy atom. The number of ether oxygens (including phenoxy) is 2. The lowest BCUT2D eigenvalue weighted by Gasteiger charge is -2.34. The summed E-state index contributed by atoms with van der Waals surface area (Å²) in [6, 6.07) is 7.02. The van der Waals surface area contributed by atoms with Crippen molar-refractivity contribution in [3.05, 3.63) is 36.9 Å².